The van der Waals surface area contributed by atoms with Crippen molar-refractivity contribution in [2.75, 3.05) is 39.4 Å². The van der Waals surface area contributed by atoms with Gasteiger partial charge in [-0.25, -0.2) is 4.98 Å². The zero-order valence-electron chi connectivity index (χ0n) is 12.3. The number of hydrogen-bond acceptors (Lipinski definition) is 5. The molecule has 7 heteroatoms. The summed E-state index contributed by atoms with van der Waals surface area (Å²) in [4.78, 5) is 18.2. The molecule has 2 aromatic heterocycles. The van der Waals surface area contributed by atoms with Crippen LogP contribution in [0.15, 0.2) is 24.4 Å². The van der Waals surface area contributed by atoms with Gasteiger partial charge in [0.25, 0.3) is 0 Å². The molecule has 2 aromatic rings. The monoisotopic (exact) mass is 301 g/mol. The third-order valence-electron chi connectivity index (χ3n) is 3.59. The van der Waals surface area contributed by atoms with Gasteiger partial charge in [0.1, 0.15) is 0 Å². The molecule has 2 N–H and O–H groups in total. The third-order valence-corrected chi connectivity index (χ3v) is 3.59. The fourth-order valence-corrected chi connectivity index (χ4v) is 2.38. The average molecular weight is 301 g/mol. The lowest BCUT2D eigenvalue weighted by atomic mass is 10.2. The molecule has 0 aliphatic carbocycles. The van der Waals surface area contributed by atoms with Crippen molar-refractivity contribution in [1.29, 1.82) is 0 Å². The van der Waals surface area contributed by atoms with Crippen LogP contribution < -0.4 is 5.32 Å². The number of aromatic amines is 1. The lowest BCUT2D eigenvalue weighted by Crippen LogP contribution is -2.41. The first kappa shape index (κ1) is 14.7. The molecule has 1 fully saturated rings. The Bertz CT molecular complexity index is 661. The first-order valence-corrected chi connectivity index (χ1v) is 7.38. The topological polar surface area (TPSA) is 83.1 Å². The molecule has 1 saturated heterocycles. The number of amides is 1. The highest BCUT2D eigenvalue weighted by Gasteiger charge is 2.09. The van der Waals surface area contributed by atoms with Crippen molar-refractivity contribution < 1.29 is 9.53 Å². The largest absolute Gasteiger partial charge is 0.379 e. The van der Waals surface area contributed by atoms with E-state index in [1.54, 1.807) is 12.3 Å². The Balaban J connectivity index is 1.48. The smallest absolute Gasteiger partial charge is 0.244 e. The van der Waals surface area contributed by atoms with Crippen LogP contribution in [0.4, 0.5) is 0 Å². The van der Waals surface area contributed by atoms with Gasteiger partial charge in [-0.2, -0.15) is 5.10 Å². The summed E-state index contributed by atoms with van der Waals surface area (Å²) in [6, 6.07) is 3.76. The highest BCUT2D eigenvalue weighted by Crippen LogP contribution is 2.13. The number of hydrogen-bond donors (Lipinski definition) is 2. The Hall–Kier alpha value is -2.25. The molecule has 1 aliphatic rings. The van der Waals surface area contributed by atoms with Crippen LogP contribution in [0.3, 0.4) is 0 Å². The number of morpholine rings is 1. The van der Waals surface area contributed by atoms with Gasteiger partial charge in [-0.15, -0.1) is 0 Å². The molecule has 0 unspecified atom stereocenters. The third kappa shape index (κ3) is 3.69. The van der Waals surface area contributed by atoms with Gasteiger partial charge < -0.3 is 10.1 Å². The van der Waals surface area contributed by atoms with E-state index in [1.807, 2.05) is 12.1 Å². The molecular weight excluding hydrogens is 282 g/mol. The molecule has 22 heavy (non-hydrogen) atoms. The highest BCUT2D eigenvalue weighted by atomic mass is 16.5. The van der Waals surface area contributed by atoms with Crippen LogP contribution in [0, 0.1) is 0 Å². The van der Waals surface area contributed by atoms with Gasteiger partial charge in [0.15, 0.2) is 5.65 Å². The van der Waals surface area contributed by atoms with Gasteiger partial charge >= 0.3 is 0 Å². The lowest BCUT2D eigenvalue weighted by molar-refractivity contribution is -0.116. The zero-order valence-corrected chi connectivity index (χ0v) is 12.3. The Morgan fingerprint density at radius 3 is 3.18 bits per heavy atom. The quantitative estimate of drug-likeness (QED) is 0.782. The van der Waals surface area contributed by atoms with E-state index in [0.29, 0.717) is 12.2 Å². The summed E-state index contributed by atoms with van der Waals surface area (Å²) in [6.07, 6.45) is 4.93. The minimum Gasteiger partial charge on any atom is -0.379 e. The standard InChI is InChI=1S/C15H19N5O2/c21-14(16-6-7-20-8-10-22-11-9-20)4-3-13-12-2-1-5-17-15(12)19-18-13/h1-5H,6-11H2,(H,16,21)(H,17,18,19)/b4-3+. The van der Waals surface area contributed by atoms with E-state index in [1.165, 1.54) is 6.08 Å². The summed E-state index contributed by atoms with van der Waals surface area (Å²) in [6.45, 7) is 4.88. The molecule has 0 radical (unpaired) electrons. The predicted molar refractivity (Wildman–Crippen MR) is 83.2 cm³/mol. The number of aromatic nitrogens is 3. The normalized spacial score (nSPS) is 16.4. The molecule has 1 amide bonds. The van der Waals surface area contributed by atoms with Crippen molar-refractivity contribution in [2.45, 2.75) is 0 Å². The van der Waals surface area contributed by atoms with Crippen molar-refractivity contribution in [3.05, 3.63) is 30.1 Å². The molecular formula is C15H19N5O2. The van der Waals surface area contributed by atoms with E-state index < -0.39 is 0 Å². The van der Waals surface area contributed by atoms with Crippen LogP contribution in [0.25, 0.3) is 17.1 Å². The summed E-state index contributed by atoms with van der Waals surface area (Å²) in [5.41, 5.74) is 1.43. The van der Waals surface area contributed by atoms with Crippen LogP contribution in [0.5, 0.6) is 0 Å². The van der Waals surface area contributed by atoms with Crippen molar-refractivity contribution >= 4 is 23.0 Å². The maximum Gasteiger partial charge on any atom is 0.244 e. The van der Waals surface area contributed by atoms with E-state index in [4.69, 9.17) is 4.74 Å². The minimum atomic E-state index is -0.111. The average Bonchev–Trinajstić information content (AvgIpc) is 2.97. The summed E-state index contributed by atoms with van der Waals surface area (Å²) < 4.78 is 5.29. The Morgan fingerprint density at radius 1 is 1.45 bits per heavy atom. The summed E-state index contributed by atoms with van der Waals surface area (Å²) >= 11 is 0. The number of carbonyl (C=O) groups excluding carboxylic acids is 1. The van der Waals surface area contributed by atoms with E-state index in [0.717, 1.165) is 43.9 Å². The zero-order chi connectivity index (χ0) is 15.2. The van der Waals surface area contributed by atoms with Gasteiger partial charge in [0.2, 0.25) is 5.91 Å². The summed E-state index contributed by atoms with van der Waals surface area (Å²) in [7, 11) is 0. The predicted octanol–water partition coefficient (Wildman–Crippen LogP) is 0.419. The molecule has 3 rings (SSSR count). The fraction of sp³-hybridized carbons (Fsp3) is 0.400. The maximum atomic E-state index is 11.8. The second-order valence-corrected chi connectivity index (χ2v) is 5.09. The molecule has 3 heterocycles. The van der Waals surface area contributed by atoms with Gasteiger partial charge in [0, 0.05) is 43.8 Å². The van der Waals surface area contributed by atoms with Crippen molar-refractivity contribution in [2.24, 2.45) is 0 Å². The molecule has 0 atom stereocenters. The first-order valence-electron chi connectivity index (χ1n) is 7.38. The summed E-state index contributed by atoms with van der Waals surface area (Å²) in [5.74, 6) is -0.111. The molecule has 0 aromatic carbocycles. The van der Waals surface area contributed by atoms with E-state index in [9.17, 15) is 4.79 Å². The first-order chi connectivity index (χ1) is 10.8. The number of H-pyrrole nitrogens is 1. The Morgan fingerprint density at radius 2 is 2.32 bits per heavy atom. The van der Waals surface area contributed by atoms with Crippen LogP contribution >= 0.6 is 0 Å². The molecule has 0 saturated carbocycles. The number of nitrogens with zero attached hydrogens (tertiary/aromatic N) is 3. The molecule has 0 bridgehead atoms. The number of nitrogens with one attached hydrogen (secondary N) is 2. The number of ether oxygens (including phenoxy) is 1. The van der Waals surface area contributed by atoms with Gasteiger partial charge in [-0.05, 0) is 18.2 Å². The molecule has 1 aliphatic heterocycles. The minimum absolute atomic E-state index is 0.111. The van der Waals surface area contributed by atoms with Gasteiger partial charge in [-0.1, -0.05) is 0 Å². The molecule has 0 spiro atoms. The second-order valence-electron chi connectivity index (χ2n) is 5.09. The number of carbonyl (C=O) groups is 1. The Labute approximate surface area is 128 Å². The fourth-order valence-electron chi connectivity index (χ4n) is 2.38. The van der Waals surface area contributed by atoms with Crippen LogP contribution in [-0.4, -0.2) is 65.4 Å². The van der Waals surface area contributed by atoms with Crippen LogP contribution in [-0.2, 0) is 9.53 Å². The molecule has 7 nitrogen and oxygen atoms in total. The van der Waals surface area contributed by atoms with E-state index >= 15 is 0 Å². The van der Waals surface area contributed by atoms with Crippen LogP contribution in [0.2, 0.25) is 0 Å². The van der Waals surface area contributed by atoms with Gasteiger partial charge in [-0.3, -0.25) is 14.8 Å². The molecule has 116 valence electrons. The summed E-state index contributed by atoms with van der Waals surface area (Å²) in [5, 5.41) is 10.7. The number of pyridine rings is 1. The number of rotatable bonds is 5. The van der Waals surface area contributed by atoms with E-state index in [-0.39, 0.29) is 5.91 Å². The van der Waals surface area contributed by atoms with Crippen molar-refractivity contribution in [3.8, 4) is 0 Å². The second kappa shape index (κ2) is 7.15. The Kier molecular flexibility index (Phi) is 4.77. The maximum absolute atomic E-state index is 11.8. The van der Waals surface area contributed by atoms with Crippen LogP contribution in [0.1, 0.15) is 5.69 Å². The number of fused-ring (bicyclic) bond motifs is 1. The van der Waals surface area contributed by atoms with Crippen molar-refractivity contribution in [3.63, 3.8) is 0 Å². The lowest BCUT2D eigenvalue weighted by Gasteiger charge is -2.26. The van der Waals surface area contributed by atoms with Gasteiger partial charge in [0.05, 0.1) is 18.9 Å². The SMILES string of the molecule is O=C(/C=C/c1[nH]nc2ncccc12)NCCN1CCOCC1. The van der Waals surface area contributed by atoms with E-state index in [2.05, 4.69) is 25.4 Å². The van der Waals surface area contributed by atoms with Crippen molar-refractivity contribution in [1.82, 2.24) is 25.4 Å². The highest BCUT2D eigenvalue weighted by molar-refractivity contribution is 5.94.